The van der Waals surface area contributed by atoms with E-state index >= 15 is 0 Å². The number of esters is 1. The quantitative estimate of drug-likeness (QED) is 0.780. The van der Waals surface area contributed by atoms with E-state index in [1.807, 2.05) is 13.8 Å². The summed E-state index contributed by atoms with van der Waals surface area (Å²) in [5.74, 6) is -0.128. The zero-order valence-corrected chi connectivity index (χ0v) is 13.1. The van der Waals surface area contributed by atoms with E-state index in [4.69, 9.17) is 4.74 Å². The molecule has 1 aromatic rings. The SMILES string of the molecule is CCNC(CCN1CCc2ccccc2C1)C(=O)OCC. The van der Waals surface area contributed by atoms with Crippen molar-refractivity contribution in [3.8, 4) is 0 Å². The summed E-state index contributed by atoms with van der Waals surface area (Å²) < 4.78 is 5.13. The van der Waals surface area contributed by atoms with Gasteiger partial charge in [0.05, 0.1) is 6.61 Å². The molecule has 1 aromatic carbocycles. The summed E-state index contributed by atoms with van der Waals surface area (Å²) in [5, 5.41) is 3.22. The van der Waals surface area contributed by atoms with Gasteiger partial charge in [-0.3, -0.25) is 9.69 Å². The lowest BCUT2D eigenvalue weighted by Gasteiger charge is -2.29. The van der Waals surface area contributed by atoms with Crippen LogP contribution in [-0.2, 0) is 22.5 Å². The van der Waals surface area contributed by atoms with Gasteiger partial charge in [0.15, 0.2) is 0 Å². The Hall–Kier alpha value is -1.39. The Morgan fingerprint density at radius 3 is 2.81 bits per heavy atom. The zero-order valence-electron chi connectivity index (χ0n) is 13.1. The number of nitrogens with one attached hydrogen (secondary N) is 1. The first-order chi connectivity index (χ1) is 10.2. The van der Waals surface area contributed by atoms with Crippen molar-refractivity contribution in [1.29, 1.82) is 0 Å². The van der Waals surface area contributed by atoms with Gasteiger partial charge in [-0.05, 0) is 37.4 Å². The number of carbonyl (C=O) groups is 1. The molecule has 116 valence electrons. The minimum absolute atomic E-state index is 0.128. The van der Waals surface area contributed by atoms with Gasteiger partial charge in [0.2, 0.25) is 0 Å². The first-order valence-corrected chi connectivity index (χ1v) is 7.93. The van der Waals surface area contributed by atoms with E-state index in [-0.39, 0.29) is 12.0 Å². The molecule has 0 saturated heterocycles. The maximum atomic E-state index is 11.9. The van der Waals surface area contributed by atoms with Crippen LogP contribution < -0.4 is 5.32 Å². The van der Waals surface area contributed by atoms with Crippen molar-refractivity contribution < 1.29 is 9.53 Å². The van der Waals surface area contributed by atoms with E-state index in [9.17, 15) is 4.79 Å². The normalized spacial score (nSPS) is 16.3. The third-order valence-corrected chi connectivity index (χ3v) is 3.97. The topological polar surface area (TPSA) is 41.6 Å². The number of hydrogen-bond donors (Lipinski definition) is 1. The lowest BCUT2D eigenvalue weighted by molar-refractivity contribution is -0.145. The molecule has 0 saturated carbocycles. The molecular formula is C17H26N2O2. The Morgan fingerprint density at radius 1 is 1.33 bits per heavy atom. The molecule has 1 atom stereocenters. The van der Waals surface area contributed by atoms with Gasteiger partial charge in [-0.15, -0.1) is 0 Å². The Labute approximate surface area is 127 Å². The number of hydrogen-bond acceptors (Lipinski definition) is 4. The predicted molar refractivity (Wildman–Crippen MR) is 84.1 cm³/mol. The summed E-state index contributed by atoms with van der Waals surface area (Å²) in [6, 6.07) is 8.44. The van der Waals surface area contributed by atoms with Crippen LogP contribution in [0.5, 0.6) is 0 Å². The average Bonchev–Trinajstić information content (AvgIpc) is 2.51. The molecule has 0 aliphatic carbocycles. The number of carbonyl (C=O) groups excluding carboxylic acids is 1. The molecule has 1 heterocycles. The minimum Gasteiger partial charge on any atom is -0.465 e. The first kappa shape index (κ1) is 16.0. The van der Waals surface area contributed by atoms with Crippen LogP contribution >= 0.6 is 0 Å². The highest BCUT2D eigenvalue weighted by Crippen LogP contribution is 2.18. The van der Waals surface area contributed by atoms with Gasteiger partial charge in [-0.2, -0.15) is 0 Å². The average molecular weight is 290 g/mol. The van der Waals surface area contributed by atoms with Crippen molar-refractivity contribution in [2.75, 3.05) is 26.2 Å². The smallest absolute Gasteiger partial charge is 0.323 e. The molecule has 1 N–H and O–H groups in total. The summed E-state index contributed by atoms with van der Waals surface area (Å²) in [6.07, 6.45) is 1.90. The Balaban J connectivity index is 1.86. The molecule has 1 unspecified atom stereocenters. The van der Waals surface area contributed by atoms with Crippen molar-refractivity contribution in [3.05, 3.63) is 35.4 Å². The number of nitrogens with zero attached hydrogens (tertiary/aromatic N) is 1. The number of benzene rings is 1. The van der Waals surface area contributed by atoms with Gasteiger partial charge < -0.3 is 10.1 Å². The Kier molecular flexibility index (Phi) is 6.21. The van der Waals surface area contributed by atoms with E-state index in [0.29, 0.717) is 6.61 Å². The van der Waals surface area contributed by atoms with Crippen LogP contribution in [-0.4, -0.2) is 43.2 Å². The van der Waals surface area contributed by atoms with E-state index in [1.54, 1.807) is 0 Å². The molecule has 0 amide bonds. The standard InChI is InChI=1S/C17H26N2O2/c1-3-18-16(17(20)21-4-2)10-12-19-11-9-14-7-5-6-8-15(14)13-19/h5-8,16,18H,3-4,9-13H2,1-2H3. The molecule has 4 nitrogen and oxygen atoms in total. The largest absolute Gasteiger partial charge is 0.465 e. The van der Waals surface area contributed by atoms with Crippen LogP contribution in [0.15, 0.2) is 24.3 Å². The summed E-state index contributed by atoms with van der Waals surface area (Å²) in [6.45, 7) is 8.07. The van der Waals surface area contributed by atoms with Gasteiger partial charge in [-0.25, -0.2) is 0 Å². The minimum atomic E-state index is -0.188. The lowest BCUT2D eigenvalue weighted by Crippen LogP contribution is -2.41. The summed E-state index contributed by atoms with van der Waals surface area (Å²) in [7, 11) is 0. The van der Waals surface area contributed by atoms with Crippen LogP contribution in [0.4, 0.5) is 0 Å². The van der Waals surface area contributed by atoms with E-state index in [1.165, 1.54) is 11.1 Å². The van der Waals surface area contributed by atoms with E-state index in [2.05, 4.69) is 34.5 Å². The second kappa shape index (κ2) is 8.15. The molecular weight excluding hydrogens is 264 g/mol. The molecule has 0 spiro atoms. The number of likely N-dealkylation sites (N-methyl/N-ethyl adjacent to an activating group) is 1. The third-order valence-electron chi connectivity index (χ3n) is 3.97. The number of fused-ring (bicyclic) bond motifs is 1. The van der Waals surface area contributed by atoms with E-state index in [0.717, 1.165) is 39.0 Å². The molecule has 0 radical (unpaired) electrons. The van der Waals surface area contributed by atoms with Crippen LogP contribution in [0, 0.1) is 0 Å². The van der Waals surface area contributed by atoms with Crippen molar-refractivity contribution in [2.45, 2.75) is 39.3 Å². The fraction of sp³-hybridized carbons (Fsp3) is 0.588. The maximum Gasteiger partial charge on any atom is 0.323 e. The highest BCUT2D eigenvalue weighted by molar-refractivity contribution is 5.75. The Bertz CT molecular complexity index is 462. The lowest BCUT2D eigenvalue weighted by atomic mass is 9.99. The predicted octanol–water partition coefficient (Wildman–Crippen LogP) is 1.98. The van der Waals surface area contributed by atoms with Gasteiger partial charge >= 0.3 is 5.97 Å². The highest BCUT2D eigenvalue weighted by atomic mass is 16.5. The second-order valence-electron chi connectivity index (χ2n) is 5.45. The molecule has 4 heteroatoms. The van der Waals surface area contributed by atoms with E-state index < -0.39 is 0 Å². The number of rotatable bonds is 7. The third kappa shape index (κ3) is 4.55. The van der Waals surface area contributed by atoms with Crippen LogP contribution in [0.3, 0.4) is 0 Å². The number of ether oxygens (including phenoxy) is 1. The van der Waals surface area contributed by atoms with Crippen molar-refractivity contribution in [1.82, 2.24) is 10.2 Å². The molecule has 0 fully saturated rings. The van der Waals surface area contributed by atoms with Crippen molar-refractivity contribution in [3.63, 3.8) is 0 Å². The fourth-order valence-electron chi connectivity index (χ4n) is 2.85. The summed E-state index contributed by atoms with van der Waals surface area (Å²) in [4.78, 5) is 14.3. The molecule has 2 rings (SSSR count). The molecule has 0 bridgehead atoms. The van der Waals surface area contributed by atoms with Gasteiger partial charge in [0.25, 0.3) is 0 Å². The zero-order chi connectivity index (χ0) is 15.1. The van der Waals surface area contributed by atoms with Crippen LogP contribution in [0.25, 0.3) is 0 Å². The van der Waals surface area contributed by atoms with Gasteiger partial charge in [0.1, 0.15) is 6.04 Å². The summed E-state index contributed by atoms with van der Waals surface area (Å²) >= 11 is 0. The monoisotopic (exact) mass is 290 g/mol. The summed E-state index contributed by atoms with van der Waals surface area (Å²) in [5.41, 5.74) is 2.88. The van der Waals surface area contributed by atoms with Crippen LogP contribution in [0.2, 0.25) is 0 Å². The van der Waals surface area contributed by atoms with Gasteiger partial charge in [-0.1, -0.05) is 31.2 Å². The molecule has 0 aromatic heterocycles. The molecule has 1 aliphatic rings. The van der Waals surface area contributed by atoms with Crippen molar-refractivity contribution in [2.24, 2.45) is 0 Å². The highest BCUT2D eigenvalue weighted by Gasteiger charge is 2.21. The molecule has 21 heavy (non-hydrogen) atoms. The second-order valence-corrected chi connectivity index (χ2v) is 5.45. The van der Waals surface area contributed by atoms with Gasteiger partial charge in [0, 0.05) is 19.6 Å². The maximum absolute atomic E-state index is 11.9. The first-order valence-electron chi connectivity index (χ1n) is 7.93. The fourth-order valence-corrected chi connectivity index (χ4v) is 2.85. The molecule has 1 aliphatic heterocycles. The Morgan fingerprint density at radius 2 is 2.10 bits per heavy atom. The van der Waals surface area contributed by atoms with Crippen molar-refractivity contribution >= 4 is 5.97 Å². The van der Waals surface area contributed by atoms with Crippen LogP contribution in [0.1, 0.15) is 31.4 Å².